The summed E-state index contributed by atoms with van der Waals surface area (Å²) in [5, 5.41) is 10.9. The lowest BCUT2D eigenvalue weighted by molar-refractivity contribution is -0.138. The van der Waals surface area contributed by atoms with Crippen LogP contribution in [-0.2, 0) is 9.59 Å². The SMILES string of the molecule is N[C@@H](CCC(=O)Nc1ccnc(=O)[nH]1)C(=O)O. The molecule has 17 heavy (non-hydrogen) atoms. The van der Waals surface area contributed by atoms with Crippen molar-refractivity contribution in [2.75, 3.05) is 5.32 Å². The van der Waals surface area contributed by atoms with Gasteiger partial charge in [0, 0.05) is 12.6 Å². The van der Waals surface area contributed by atoms with Gasteiger partial charge in [-0.3, -0.25) is 14.6 Å². The number of carbonyl (C=O) groups is 2. The number of nitrogens with one attached hydrogen (secondary N) is 2. The fraction of sp³-hybridized carbons (Fsp3) is 0.333. The van der Waals surface area contributed by atoms with Crippen LogP contribution in [0.4, 0.5) is 5.82 Å². The van der Waals surface area contributed by atoms with Crippen LogP contribution in [0.25, 0.3) is 0 Å². The minimum Gasteiger partial charge on any atom is -0.480 e. The largest absolute Gasteiger partial charge is 0.480 e. The Labute approximate surface area is 95.9 Å². The van der Waals surface area contributed by atoms with Crippen molar-refractivity contribution in [3.05, 3.63) is 22.7 Å². The number of nitrogens with two attached hydrogens (primary N) is 1. The Morgan fingerprint density at radius 1 is 1.59 bits per heavy atom. The number of nitrogens with zero attached hydrogens (tertiary/aromatic N) is 1. The van der Waals surface area contributed by atoms with Crippen LogP contribution in [0.15, 0.2) is 17.1 Å². The number of anilines is 1. The fourth-order valence-electron chi connectivity index (χ4n) is 1.06. The molecule has 0 aliphatic carbocycles. The van der Waals surface area contributed by atoms with Gasteiger partial charge in [-0.05, 0) is 12.5 Å². The second-order valence-electron chi connectivity index (χ2n) is 3.32. The standard InChI is InChI=1S/C9H12N4O4/c10-5(8(15)16)1-2-7(14)12-6-3-4-11-9(17)13-6/h3-5H,1-2,10H2,(H,15,16)(H2,11,12,13,14,17)/t5-/m0/s1. The summed E-state index contributed by atoms with van der Waals surface area (Å²) in [6, 6.07) is 0.341. The predicted octanol–water partition coefficient (Wildman–Crippen LogP) is -1.10. The average Bonchev–Trinajstić information content (AvgIpc) is 2.25. The third-order valence-electron chi connectivity index (χ3n) is 1.95. The third kappa shape index (κ3) is 4.43. The first-order valence-corrected chi connectivity index (χ1v) is 4.82. The zero-order chi connectivity index (χ0) is 12.8. The number of rotatable bonds is 5. The van der Waals surface area contributed by atoms with Crippen molar-refractivity contribution in [2.45, 2.75) is 18.9 Å². The molecule has 1 amide bonds. The predicted molar refractivity (Wildman–Crippen MR) is 58.3 cm³/mol. The van der Waals surface area contributed by atoms with E-state index in [0.717, 1.165) is 0 Å². The molecule has 92 valence electrons. The molecule has 5 N–H and O–H groups in total. The Bertz CT molecular complexity index is 470. The molecule has 1 heterocycles. The molecule has 1 aromatic rings. The highest BCUT2D eigenvalue weighted by molar-refractivity contribution is 5.90. The van der Waals surface area contributed by atoms with Crippen LogP contribution in [-0.4, -0.2) is 33.0 Å². The first-order valence-electron chi connectivity index (χ1n) is 4.82. The Morgan fingerprint density at radius 3 is 2.88 bits per heavy atom. The van der Waals surface area contributed by atoms with Gasteiger partial charge < -0.3 is 16.2 Å². The Kier molecular flexibility index (Phi) is 4.35. The third-order valence-corrected chi connectivity index (χ3v) is 1.95. The molecule has 1 atom stereocenters. The Hall–Kier alpha value is -2.22. The second-order valence-corrected chi connectivity index (χ2v) is 3.32. The number of H-pyrrole nitrogens is 1. The molecular formula is C9H12N4O4. The van der Waals surface area contributed by atoms with E-state index in [0.29, 0.717) is 0 Å². The zero-order valence-corrected chi connectivity index (χ0v) is 8.84. The topological polar surface area (TPSA) is 138 Å². The van der Waals surface area contributed by atoms with Crippen molar-refractivity contribution in [2.24, 2.45) is 5.73 Å². The van der Waals surface area contributed by atoms with E-state index in [2.05, 4.69) is 15.3 Å². The highest BCUT2D eigenvalue weighted by atomic mass is 16.4. The van der Waals surface area contributed by atoms with Crippen molar-refractivity contribution < 1.29 is 14.7 Å². The second kappa shape index (κ2) is 5.75. The maximum Gasteiger partial charge on any atom is 0.346 e. The number of hydrogen-bond acceptors (Lipinski definition) is 5. The number of aliphatic carboxylic acids is 1. The highest BCUT2D eigenvalue weighted by Gasteiger charge is 2.13. The average molecular weight is 240 g/mol. The molecule has 0 unspecified atom stereocenters. The fourth-order valence-corrected chi connectivity index (χ4v) is 1.06. The van der Waals surface area contributed by atoms with E-state index in [1.165, 1.54) is 12.3 Å². The number of amides is 1. The summed E-state index contributed by atoms with van der Waals surface area (Å²) in [4.78, 5) is 38.2. The normalized spacial score (nSPS) is 11.8. The lowest BCUT2D eigenvalue weighted by Crippen LogP contribution is -2.31. The molecule has 0 spiro atoms. The van der Waals surface area contributed by atoms with E-state index in [1.54, 1.807) is 0 Å². The summed E-state index contributed by atoms with van der Waals surface area (Å²) in [6.07, 6.45) is 1.23. The van der Waals surface area contributed by atoms with Crippen molar-refractivity contribution in [3.8, 4) is 0 Å². The van der Waals surface area contributed by atoms with E-state index in [1.807, 2.05) is 0 Å². The molecule has 0 aliphatic heterocycles. The number of carboxylic acids is 1. The molecule has 0 aromatic carbocycles. The molecule has 8 nitrogen and oxygen atoms in total. The van der Waals surface area contributed by atoms with Crippen LogP contribution in [0.2, 0.25) is 0 Å². The van der Waals surface area contributed by atoms with Crippen LogP contribution in [0, 0.1) is 0 Å². The summed E-state index contributed by atoms with van der Waals surface area (Å²) in [7, 11) is 0. The monoisotopic (exact) mass is 240 g/mol. The molecule has 1 aromatic heterocycles. The maximum absolute atomic E-state index is 11.3. The number of carboxylic acid groups (broad SMARTS) is 1. The van der Waals surface area contributed by atoms with Crippen molar-refractivity contribution >= 4 is 17.7 Å². The van der Waals surface area contributed by atoms with Gasteiger partial charge in [0.15, 0.2) is 0 Å². The van der Waals surface area contributed by atoms with Gasteiger partial charge in [-0.15, -0.1) is 0 Å². The Balaban J connectivity index is 2.45. The first-order chi connectivity index (χ1) is 7.99. The zero-order valence-electron chi connectivity index (χ0n) is 8.84. The summed E-state index contributed by atoms with van der Waals surface area (Å²) in [5.74, 6) is -1.38. The van der Waals surface area contributed by atoms with Crippen LogP contribution in [0.3, 0.4) is 0 Å². The summed E-state index contributed by atoms with van der Waals surface area (Å²) >= 11 is 0. The van der Waals surface area contributed by atoms with Crippen LogP contribution in [0.5, 0.6) is 0 Å². The van der Waals surface area contributed by atoms with Gasteiger partial charge in [-0.25, -0.2) is 9.78 Å². The van der Waals surface area contributed by atoms with E-state index in [4.69, 9.17) is 10.8 Å². The van der Waals surface area contributed by atoms with E-state index in [-0.39, 0.29) is 18.7 Å². The van der Waals surface area contributed by atoms with Gasteiger partial charge in [0.1, 0.15) is 11.9 Å². The molecule has 0 radical (unpaired) electrons. The summed E-state index contributed by atoms with van der Waals surface area (Å²) < 4.78 is 0. The quantitative estimate of drug-likeness (QED) is 0.515. The Morgan fingerprint density at radius 2 is 2.29 bits per heavy atom. The number of aromatic nitrogens is 2. The molecule has 0 bridgehead atoms. The smallest absolute Gasteiger partial charge is 0.346 e. The van der Waals surface area contributed by atoms with Gasteiger partial charge in [-0.2, -0.15) is 0 Å². The lowest BCUT2D eigenvalue weighted by Gasteiger charge is -2.06. The van der Waals surface area contributed by atoms with Crippen molar-refractivity contribution in [1.29, 1.82) is 0 Å². The van der Waals surface area contributed by atoms with Gasteiger partial charge in [0.2, 0.25) is 5.91 Å². The van der Waals surface area contributed by atoms with Crippen molar-refractivity contribution in [3.63, 3.8) is 0 Å². The van der Waals surface area contributed by atoms with E-state index in [9.17, 15) is 14.4 Å². The summed E-state index contributed by atoms with van der Waals surface area (Å²) in [5.41, 5.74) is 4.66. The van der Waals surface area contributed by atoms with Crippen LogP contribution < -0.4 is 16.7 Å². The van der Waals surface area contributed by atoms with E-state index >= 15 is 0 Å². The molecule has 1 rings (SSSR count). The molecule has 0 fully saturated rings. The number of aromatic amines is 1. The maximum atomic E-state index is 11.3. The van der Waals surface area contributed by atoms with Gasteiger partial charge in [-0.1, -0.05) is 0 Å². The van der Waals surface area contributed by atoms with Gasteiger partial charge >= 0.3 is 11.7 Å². The molecule has 0 aliphatic rings. The highest BCUT2D eigenvalue weighted by Crippen LogP contribution is 2.00. The minimum absolute atomic E-state index is 0.0243. The van der Waals surface area contributed by atoms with E-state index < -0.39 is 23.6 Å². The van der Waals surface area contributed by atoms with Gasteiger partial charge in [0.25, 0.3) is 0 Å². The molecule has 8 heteroatoms. The van der Waals surface area contributed by atoms with Crippen LogP contribution >= 0.6 is 0 Å². The van der Waals surface area contributed by atoms with Gasteiger partial charge in [0.05, 0.1) is 0 Å². The minimum atomic E-state index is -1.16. The molecule has 0 saturated carbocycles. The van der Waals surface area contributed by atoms with Crippen molar-refractivity contribution in [1.82, 2.24) is 9.97 Å². The molecular weight excluding hydrogens is 228 g/mol. The number of carbonyl (C=O) groups excluding carboxylic acids is 1. The summed E-state index contributed by atoms with van der Waals surface area (Å²) in [6.45, 7) is 0. The van der Waals surface area contributed by atoms with Crippen LogP contribution in [0.1, 0.15) is 12.8 Å². The lowest BCUT2D eigenvalue weighted by atomic mass is 10.1. The first kappa shape index (κ1) is 12.8. The number of hydrogen-bond donors (Lipinski definition) is 4. The molecule has 0 saturated heterocycles.